The second kappa shape index (κ2) is 12.2. The smallest absolute Gasteiger partial charge is 0.414 e. The minimum absolute atomic E-state index is 0.0672. The molecule has 0 saturated carbocycles. The zero-order valence-electron chi connectivity index (χ0n) is 17.5. The van der Waals surface area contributed by atoms with Gasteiger partial charge in [-0.05, 0) is 36.6 Å². The van der Waals surface area contributed by atoms with E-state index in [9.17, 15) is 13.2 Å². The molecular formula is C20H23ClN4O7S. The van der Waals surface area contributed by atoms with Crippen molar-refractivity contribution in [3.8, 4) is 0 Å². The quantitative estimate of drug-likeness (QED) is 0.424. The lowest BCUT2D eigenvalue weighted by molar-refractivity contribution is -0.159. The fourth-order valence-corrected chi connectivity index (χ4v) is 4.73. The Kier molecular flexibility index (Phi) is 9.70. The number of nitrogens with zero attached hydrogens (tertiary/aromatic N) is 4. The molecule has 2 aromatic heterocycles. The summed E-state index contributed by atoms with van der Waals surface area (Å²) in [5.41, 5.74) is 1.06. The third kappa shape index (κ3) is 8.08. The number of aliphatic carboxylic acids is 2. The summed E-state index contributed by atoms with van der Waals surface area (Å²) in [7, 11) is -3.40. The molecule has 1 aliphatic heterocycles. The summed E-state index contributed by atoms with van der Waals surface area (Å²) >= 11 is 6.06. The van der Waals surface area contributed by atoms with Crippen molar-refractivity contribution in [2.45, 2.75) is 19.4 Å². The Morgan fingerprint density at radius 3 is 2.24 bits per heavy atom. The Labute approximate surface area is 195 Å². The number of carbonyl (C=O) groups excluding carboxylic acids is 1. The third-order valence-corrected chi connectivity index (χ3v) is 6.79. The van der Waals surface area contributed by atoms with Gasteiger partial charge in [0.25, 0.3) is 5.91 Å². The van der Waals surface area contributed by atoms with Crippen LogP contribution >= 0.6 is 11.6 Å². The average Bonchev–Trinajstić information content (AvgIpc) is 3.34. The lowest BCUT2D eigenvalue weighted by atomic mass is 10.2. The first-order chi connectivity index (χ1) is 15.6. The lowest BCUT2D eigenvalue weighted by Crippen LogP contribution is -2.39. The van der Waals surface area contributed by atoms with Gasteiger partial charge in [-0.1, -0.05) is 17.7 Å². The molecule has 3 rings (SSSR count). The highest BCUT2D eigenvalue weighted by Gasteiger charge is 2.27. The van der Waals surface area contributed by atoms with Crippen LogP contribution in [0.3, 0.4) is 0 Å². The predicted molar refractivity (Wildman–Crippen MR) is 118 cm³/mol. The summed E-state index contributed by atoms with van der Waals surface area (Å²) in [6.45, 7) is 1.41. The SMILES string of the molecule is O=C(O)C(=O)O.O=C(c1cccnc1Cl)N(CCS(=O)(=O)N1CCCC1)Cc1cccnc1. The number of carboxylic acids is 2. The molecule has 13 heteroatoms. The molecule has 1 fully saturated rings. The number of halogens is 1. The van der Waals surface area contributed by atoms with Crippen LogP contribution in [0.2, 0.25) is 5.15 Å². The lowest BCUT2D eigenvalue weighted by Gasteiger charge is -2.24. The molecule has 0 spiro atoms. The summed E-state index contributed by atoms with van der Waals surface area (Å²) in [6, 6.07) is 6.83. The fraction of sp³-hybridized carbons (Fsp3) is 0.350. The molecule has 0 atom stereocenters. The highest BCUT2D eigenvalue weighted by atomic mass is 35.5. The number of hydrogen-bond donors (Lipinski definition) is 2. The molecular weight excluding hydrogens is 476 g/mol. The Bertz CT molecular complexity index is 1060. The predicted octanol–water partition coefficient (Wildman–Crippen LogP) is 1.35. The van der Waals surface area contributed by atoms with Crippen molar-refractivity contribution in [3.05, 3.63) is 59.1 Å². The summed E-state index contributed by atoms with van der Waals surface area (Å²) in [6.07, 6.45) is 6.56. The van der Waals surface area contributed by atoms with Gasteiger partial charge >= 0.3 is 11.9 Å². The first-order valence-corrected chi connectivity index (χ1v) is 11.8. The van der Waals surface area contributed by atoms with E-state index in [1.54, 1.807) is 30.6 Å². The Morgan fingerprint density at radius 1 is 1.06 bits per heavy atom. The number of rotatable bonds is 7. The van der Waals surface area contributed by atoms with Crippen LogP contribution < -0.4 is 0 Å². The van der Waals surface area contributed by atoms with Crippen LogP contribution in [0.5, 0.6) is 0 Å². The van der Waals surface area contributed by atoms with E-state index < -0.39 is 22.0 Å². The maximum atomic E-state index is 13.0. The molecule has 11 nitrogen and oxygen atoms in total. The molecule has 1 saturated heterocycles. The number of sulfonamides is 1. The van der Waals surface area contributed by atoms with Crippen LogP contribution in [0.15, 0.2) is 42.9 Å². The van der Waals surface area contributed by atoms with Crippen molar-refractivity contribution in [3.63, 3.8) is 0 Å². The van der Waals surface area contributed by atoms with Crippen molar-refractivity contribution in [1.82, 2.24) is 19.2 Å². The van der Waals surface area contributed by atoms with Crippen LogP contribution in [0.4, 0.5) is 0 Å². The van der Waals surface area contributed by atoms with Gasteiger partial charge in [-0.3, -0.25) is 9.78 Å². The number of hydrogen-bond acceptors (Lipinski definition) is 7. The van der Waals surface area contributed by atoms with Gasteiger partial charge < -0.3 is 15.1 Å². The minimum atomic E-state index is -3.40. The van der Waals surface area contributed by atoms with Crippen LogP contribution in [-0.2, 0) is 26.2 Å². The van der Waals surface area contributed by atoms with Gasteiger partial charge in [-0.25, -0.2) is 27.3 Å². The Morgan fingerprint density at radius 2 is 1.70 bits per heavy atom. The van der Waals surface area contributed by atoms with Gasteiger partial charge in [0.1, 0.15) is 5.15 Å². The van der Waals surface area contributed by atoms with Gasteiger partial charge in [-0.2, -0.15) is 0 Å². The summed E-state index contributed by atoms with van der Waals surface area (Å²) in [5, 5.41) is 14.9. The molecule has 2 aromatic rings. The molecule has 0 unspecified atom stereocenters. The first kappa shape index (κ1) is 26.2. The van der Waals surface area contributed by atoms with Gasteiger partial charge in [0.2, 0.25) is 10.0 Å². The van der Waals surface area contributed by atoms with Crippen LogP contribution in [0.25, 0.3) is 0 Å². The van der Waals surface area contributed by atoms with Crippen molar-refractivity contribution >= 4 is 39.5 Å². The molecule has 1 amide bonds. The van der Waals surface area contributed by atoms with Gasteiger partial charge in [0.05, 0.1) is 11.3 Å². The zero-order chi connectivity index (χ0) is 24.4. The van der Waals surface area contributed by atoms with Gasteiger partial charge in [-0.15, -0.1) is 0 Å². The Hall–Kier alpha value is -3.09. The van der Waals surface area contributed by atoms with E-state index in [2.05, 4.69) is 9.97 Å². The molecule has 2 N–H and O–H groups in total. The first-order valence-electron chi connectivity index (χ1n) is 9.84. The van der Waals surface area contributed by atoms with Gasteiger partial charge in [0, 0.05) is 44.8 Å². The number of carbonyl (C=O) groups is 3. The number of aromatic nitrogens is 2. The summed E-state index contributed by atoms with van der Waals surface area (Å²) < 4.78 is 26.6. The standard InChI is InChI=1S/C18H21ClN4O3S.C2H2O4/c19-17-16(6-4-8-21-17)18(24)22(14-15-5-3-7-20-13-15)11-12-27(25,26)23-9-1-2-10-23;3-1(4)2(5)6/h3-8,13H,1-2,9-12,14H2;(H,3,4)(H,5,6). The maximum Gasteiger partial charge on any atom is 0.414 e. The monoisotopic (exact) mass is 498 g/mol. The molecule has 0 aliphatic carbocycles. The second-order valence-electron chi connectivity index (χ2n) is 6.96. The third-order valence-electron chi connectivity index (χ3n) is 4.63. The van der Waals surface area contributed by atoms with E-state index in [1.165, 1.54) is 15.4 Å². The second-order valence-corrected chi connectivity index (χ2v) is 9.41. The largest absolute Gasteiger partial charge is 0.473 e. The van der Waals surface area contributed by atoms with Crippen LogP contribution in [-0.4, -0.2) is 81.0 Å². The molecule has 0 aromatic carbocycles. The average molecular weight is 499 g/mol. The number of carboxylic acid groups (broad SMARTS) is 2. The van der Waals surface area contributed by atoms with Crippen molar-refractivity contribution in [2.24, 2.45) is 0 Å². The fourth-order valence-electron chi connectivity index (χ4n) is 3.00. The minimum Gasteiger partial charge on any atom is -0.473 e. The molecule has 3 heterocycles. The highest BCUT2D eigenvalue weighted by molar-refractivity contribution is 7.89. The van der Waals surface area contributed by atoms with Crippen LogP contribution in [0.1, 0.15) is 28.8 Å². The normalized spacial score (nSPS) is 13.6. The van der Waals surface area contributed by atoms with Crippen molar-refractivity contribution in [1.29, 1.82) is 0 Å². The molecule has 1 aliphatic rings. The molecule has 178 valence electrons. The van der Waals surface area contributed by atoms with E-state index in [0.717, 1.165) is 18.4 Å². The van der Waals surface area contributed by atoms with Crippen LogP contribution in [0, 0.1) is 0 Å². The van der Waals surface area contributed by atoms with E-state index in [-0.39, 0.29) is 35.5 Å². The van der Waals surface area contributed by atoms with Crippen molar-refractivity contribution < 1.29 is 33.0 Å². The Balaban J connectivity index is 0.000000569. The molecule has 0 radical (unpaired) electrons. The molecule has 0 bridgehead atoms. The van der Waals surface area contributed by atoms with E-state index >= 15 is 0 Å². The highest BCUT2D eigenvalue weighted by Crippen LogP contribution is 2.18. The topological polar surface area (TPSA) is 158 Å². The number of pyridine rings is 2. The summed E-state index contributed by atoms with van der Waals surface area (Å²) in [5.74, 6) is -4.13. The van der Waals surface area contributed by atoms with Gasteiger partial charge in [0.15, 0.2) is 0 Å². The zero-order valence-corrected chi connectivity index (χ0v) is 19.1. The number of amides is 1. The van der Waals surface area contributed by atoms with E-state index in [1.807, 2.05) is 6.07 Å². The maximum absolute atomic E-state index is 13.0. The molecule has 33 heavy (non-hydrogen) atoms. The van der Waals surface area contributed by atoms with Crippen molar-refractivity contribution in [2.75, 3.05) is 25.4 Å². The summed E-state index contributed by atoms with van der Waals surface area (Å²) in [4.78, 5) is 40.7. The van der Waals surface area contributed by atoms with E-state index in [4.69, 9.17) is 31.4 Å². The van der Waals surface area contributed by atoms with E-state index in [0.29, 0.717) is 13.1 Å².